The number of rotatable bonds is 4. The van der Waals surface area contributed by atoms with Crippen LogP contribution in [0.25, 0.3) is 11.1 Å². The van der Waals surface area contributed by atoms with E-state index in [-0.39, 0.29) is 24.4 Å². The van der Waals surface area contributed by atoms with Gasteiger partial charge in [0.25, 0.3) is 0 Å². The van der Waals surface area contributed by atoms with E-state index in [1.807, 2.05) is 11.0 Å². The van der Waals surface area contributed by atoms with E-state index in [4.69, 9.17) is 9.47 Å². The molecule has 0 saturated carbocycles. The number of amides is 1. The lowest BCUT2D eigenvalue weighted by Crippen LogP contribution is -2.45. The largest absolute Gasteiger partial charge is 0.373 e. The van der Waals surface area contributed by atoms with E-state index in [0.29, 0.717) is 37.8 Å². The number of H-pyrrole nitrogens is 1. The lowest BCUT2D eigenvalue weighted by atomic mass is 9.93. The van der Waals surface area contributed by atoms with E-state index < -0.39 is 0 Å². The molecular weight excluding hydrogens is 337 g/mol. The van der Waals surface area contributed by atoms with Crippen molar-refractivity contribution >= 4 is 5.91 Å². The molecule has 138 valence electrons. The lowest BCUT2D eigenvalue weighted by molar-refractivity contribution is -0.144. The average molecular weight is 359 g/mol. The van der Waals surface area contributed by atoms with Crippen LogP contribution in [0.1, 0.15) is 24.5 Å². The highest BCUT2D eigenvalue weighted by molar-refractivity contribution is 5.78. The smallest absolute Gasteiger partial charge is 0.248 e. The number of carbonyl (C=O) groups is 1. The monoisotopic (exact) mass is 359 g/mol. The Morgan fingerprint density at radius 1 is 1.31 bits per heavy atom. The number of halogens is 1. The van der Waals surface area contributed by atoms with Gasteiger partial charge >= 0.3 is 0 Å². The van der Waals surface area contributed by atoms with Crippen LogP contribution in [0.15, 0.2) is 30.6 Å². The summed E-state index contributed by atoms with van der Waals surface area (Å²) in [5.74, 6) is 0.0799. The van der Waals surface area contributed by atoms with Crippen molar-refractivity contribution in [2.24, 2.45) is 5.92 Å². The van der Waals surface area contributed by atoms with Crippen LogP contribution in [-0.2, 0) is 14.3 Å². The standard InChI is InChI=1S/C19H22FN3O3/c20-17-7-14(15-8-21-22-9-15)2-3-16(17)18-4-1-13(11-26-18)10-23-5-6-25-12-19(23)24/h2-3,7-9,13,18H,1,4-6,10-12H2,(H,21,22)/t13-,18-/m0/s1. The van der Waals surface area contributed by atoms with E-state index in [1.54, 1.807) is 18.5 Å². The van der Waals surface area contributed by atoms with Crippen molar-refractivity contribution < 1.29 is 18.7 Å². The highest BCUT2D eigenvalue weighted by atomic mass is 19.1. The van der Waals surface area contributed by atoms with Crippen molar-refractivity contribution in [2.45, 2.75) is 18.9 Å². The number of morpholine rings is 1. The Morgan fingerprint density at radius 2 is 2.23 bits per heavy atom. The molecule has 0 unspecified atom stereocenters. The van der Waals surface area contributed by atoms with E-state index in [9.17, 15) is 9.18 Å². The summed E-state index contributed by atoms with van der Waals surface area (Å²) in [5, 5.41) is 6.63. The molecule has 26 heavy (non-hydrogen) atoms. The van der Waals surface area contributed by atoms with Gasteiger partial charge in [-0.25, -0.2) is 4.39 Å². The quantitative estimate of drug-likeness (QED) is 0.911. The second kappa shape index (κ2) is 7.55. The Balaban J connectivity index is 1.36. The average Bonchev–Trinajstić information content (AvgIpc) is 3.19. The summed E-state index contributed by atoms with van der Waals surface area (Å²) in [4.78, 5) is 13.7. The second-order valence-electron chi connectivity index (χ2n) is 6.88. The maximum Gasteiger partial charge on any atom is 0.248 e. The lowest BCUT2D eigenvalue weighted by Gasteiger charge is -2.34. The van der Waals surface area contributed by atoms with Gasteiger partial charge < -0.3 is 14.4 Å². The fourth-order valence-electron chi connectivity index (χ4n) is 3.63. The summed E-state index contributed by atoms with van der Waals surface area (Å²) in [6.45, 7) is 2.64. The highest BCUT2D eigenvalue weighted by Crippen LogP contribution is 2.34. The Bertz CT molecular complexity index is 757. The van der Waals surface area contributed by atoms with Crippen molar-refractivity contribution in [1.82, 2.24) is 15.1 Å². The van der Waals surface area contributed by atoms with Gasteiger partial charge in [0, 0.05) is 36.3 Å². The summed E-state index contributed by atoms with van der Waals surface area (Å²) in [7, 11) is 0. The van der Waals surface area contributed by atoms with E-state index in [1.165, 1.54) is 6.07 Å². The van der Waals surface area contributed by atoms with E-state index in [0.717, 1.165) is 24.0 Å². The number of aromatic nitrogens is 2. The van der Waals surface area contributed by atoms with E-state index >= 15 is 0 Å². The zero-order valence-corrected chi connectivity index (χ0v) is 14.5. The van der Waals surface area contributed by atoms with Crippen molar-refractivity contribution in [3.63, 3.8) is 0 Å². The van der Waals surface area contributed by atoms with Crippen LogP contribution < -0.4 is 0 Å². The molecule has 1 amide bonds. The summed E-state index contributed by atoms with van der Waals surface area (Å²) in [6.07, 6.45) is 4.85. The molecule has 1 N–H and O–H groups in total. The number of aromatic amines is 1. The summed E-state index contributed by atoms with van der Waals surface area (Å²) < 4.78 is 25.7. The van der Waals surface area contributed by atoms with Crippen LogP contribution in [0, 0.1) is 11.7 Å². The summed E-state index contributed by atoms with van der Waals surface area (Å²) >= 11 is 0. The predicted molar refractivity (Wildman–Crippen MR) is 92.8 cm³/mol. The van der Waals surface area contributed by atoms with Crippen LogP contribution in [0.3, 0.4) is 0 Å². The Hall–Kier alpha value is -2.25. The molecule has 2 aliphatic rings. The highest BCUT2D eigenvalue weighted by Gasteiger charge is 2.28. The number of nitrogens with zero attached hydrogens (tertiary/aromatic N) is 2. The molecule has 2 aromatic rings. The number of benzene rings is 1. The van der Waals surface area contributed by atoms with Gasteiger partial charge in [-0.15, -0.1) is 0 Å². The number of hydrogen-bond acceptors (Lipinski definition) is 4. The second-order valence-corrected chi connectivity index (χ2v) is 6.88. The first-order valence-corrected chi connectivity index (χ1v) is 8.96. The molecule has 1 aromatic heterocycles. The molecule has 0 aliphatic carbocycles. The van der Waals surface area contributed by atoms with Crippen LogP contribution in [0.4, 0.5) is 4.39 Å². The SMILES string of the molecule is O=C1COCCN1C[C@@H]1CC[C@@H](c2ccc(-c3cn[nH]c3)cc2F)OC1. The third-order valence-corrected chi connectivity index (χ3v) is 5.11. The number of carbonyl (C=O) groups excluding carboxylic acids is 1. The molecule has 2 fully saturated rings. The van der Waals surface area contributed by atoms with Gasteiger partial charge in [-0.05, 0) is 24.5 Å². The van der Waals surface area contributed by atoms with Crippen molar-refractivity contribution in [3.8, 4) is 11.1 Å². The van der Waals surface area contributed by atoms with Crippen LogP contribution in [0.2, 0.25) is 0 Å². The molecule has 3 heterocycles. The van der Waals surface area contributed by atoms with Gasteiger partial charge in [-0.3, -0.25) is 9.89 Å². The summed E-state index contributed by atoms with van der Waals surface area (Å²) in [6, 6.07) is 5.22. The third kappa shape index (κ3) is 3.64. The van der Waals surface area contributed by atoms with Gasteiger partial charge in [0.2, 0.25) is 5.91 Å². The minimum atomic E-state index is -0.254. The Labute approximate surface area is 151 Å². The summed E-state index contributed by atoms with van der Waals surface area (Å²) in [5.41, 5.74) is 2.24. The fourth-order valence-corrected chi connectivity index (χ4v) is 3.63. The maximum atomic E-state index is 14.6. The topological polar surface area (TPSA) is 67.5 Å². The van der Waals surface area contributed by atoms with Gasteiger partial charge in [0.1, 0.15) is 12.4 Å². The van der Waals surface area contributed by atoms with Gasteiger partial charge in [-0.1, -0.05) is 12.1 Å². The molecule has 1 aromatic carbocycles. The van der Waals surface area contributed by atoms with Crippen molar-refractivity contribution in [2.75, 3.05) is 32.9 Å². The first kappa shape index (κ1) is 17.2. The van der Waals surface area contributed by atoms with Crippen molar-refractivity contribution in [3.05, 3.63) is 42.0 Å². The van der Waals surface area contributed by atoms with Gasteiger partial charge in [0.05, 0.1) is 25.5 Å². The van der Waals surface area contributed by atoms with Crippen molar-refractivity contribution in [1.29, 1.82) is 0 Å². The molecule has 6 nitrogen and oxygen atoms in total. The molecular formula is C19H22FN3O3. The zero-order valence-electron chi connectivity index (χ0n) is 14.5. The predicted octanol–water partition coefficient (Wildman–Crippen LogP) is 2.54. The maximum absolute atomic E-state index is 14.6. The Morgan fingerprint density at radius 3 is 2.92 bits per heavy atom. The molecule has 2 aliphatic heterocycles. The normalized spacial score (nSPS) is 24.0. The number of hydrogen-bond donors (Lipinski definition) is 1. The number of ether oxygens (including phenoxy) is 2. The minimum Gasteiger partial charge on any atom is -0.373 e. The van der Waals surface area contributed by atoms with Crippen LogP contribution >= 0.6 is 0 Å². The molecule has 0 spiro atoms. The van der Waals surface area contributed by atoms with Gasteiger partial charge in [0.15, 0.2) is 0 Å². The number of nitrogens with one attached hydrogen (secondary N) is 1. The minimum absolute atomic E-state index is 0.0410. The molecule has 4 rings (SSSR count). The Kier molecular flexibility index (Phi) is 4.99. The van der Waals surface area contributed by atoms with Crippen LogP contribution in [-0.4, -0.2) is 53.9 Å². The van der Waals surface area contributed by atoms with E-state index in [2.05, 4.69) is 10.2 Å². The van der Waals surface area contributed by atoms with Gasteiger partial charge in [-0.2, -0.15) is 5.10 Å². The molecule has 0 bridgehead atoms. The molecule has 2 atom stereocenters. The first-order chi connectivity index (χ1) is 12.7. The third-order valence-electron chi connectivity index (χ3n) is 5.11. The molecule has 7 heteroatoms. The van der Waals surface area contributed by atoms with Crippen LogP contribution in [0.5, 0.6) is 0 Å². The molecule has 0 radical (unpaired) electrons. The molecule has 2 saturated heterocycles. The first-order valence-electron chi connectivity index (χ1n) is 8.96. The zero-order chi connectivity index (χ0) is 17.9. The fraction of sp³-hybridized carbons (Fsp3) is 0.474.